The molecule has 2 saturated heterocycles. The highest BCUT2D eigenvalue weighted by molar-refractivity contribution is 5.95. The minimum atomic E-state index is 0.218. The molecule has 2 aromatic rings. The van der Waals surface area contributed by atoms with E-state index in [0.29, 0.717) is 19.5 Å². The van der Waals surface area contributed by atoms with Gasteiger partial charge in [0, 0.05) is 58.1 Å². The van der Waals surface area contributed by atoms with Crippen molar-refractivity contribution in [2.45, 2.75) is 45.2 Å². The number of piperidine rings is 1. The number of carbonyl (C=O) groups excluding carboxylic acids is 1. The predicted molar refractivity (Wildman–Crippen MR) is 125 cm³/mol. The van der Waals surface area contributed by atoms with Crippen molar-refractivity contribution < 1.29 is 4.79 Å². The number of amides is 1. The predicted octanol–water partition coefficient (Wildman–Crippen LogP) is 3.06. The number of aliphatic imine (C=N–C) groups is 1. The van der Waals surface area contributed by atoms with Crippen LogP contribution in [0.2, 0.25) is 0 Å². The van der Waals surface area contributed by atoms with Crippen LogP contribution in [-0.2, 0) is 17.9 Å². The van der Waals surface area contributed by atoms with E-state index in [9.17, 15) is 4.79 Å². The van der Waals surface area contributed by atoms with E-state index >= 15 is 0 Å². The summed E-state index contributed by atoms with van der Waals surface area (Å²) >= 11 is 0. The SMILES string of the molecule is CN=C(NCc1ccc(N2CCCC2=O)cc1)NCc1ccnc(N2CCCCC2)c1. The zero-order valence-electron chi connectivity index (χ0n) is 18.3. The van der Waals surface area contributed by atoms with Crippen molar-refractivity contribution in [1.29, 1.82) is 0 Å². The summed E-state index contributed by atoms with van der Waals surface area (Å²) in [6.07, 6.45) is 7.30. The molecule has 0 atom stereocenters. The fourth-order valence-corrected chi connectivity index (χ4v) is 4.17. The van der Waals surface area contributed by atoms with Gasteiger partial charge >= 0.3 is 0 Å². The van der Waals surface area contributed by atoms with E-state index in [4.69, 9.17) is 0 Å². The molecule has 1 aromatic heterocycles. The summed E-state index contributed by atoms with van der Waals surface area (Å²) < 4.78 is 0. The van der Waals surface area contributed by atoms with Gasteiger partial charge < -0.3 is 20.4 Å². The van der Waals surface area contributed by atoms with Crippen LogP contribution in [0.4, 0.5) is 11.5 Å². The van der Waals surface area contributed by atoms with E-state index in [1.807, 2.05) is 29.3 Å². The van der Waals surface area contributed by atoms with Crippen LogP contribution in [0, 0.1) is 0 Å². The third-order valence-corrected chi connectivity index (χ3v) is 5.95. The van der Waals surface area contributed by atoms with Crippen LogP contribution in [0.5, 0.6) is 0 Å². The number of nitrogens with zero attached hydrogens (tertiary/aromatic N) is 4. The van der Waals surface area contributed by atoms with Gasteiger partial charge in [0.2, 0.25) is 5.91 Å². The van der Waals surface area contributed by atoms with Crippen molar-refractivity contribution in [2.24, 2.45) is 4.99 Å². The molecular weight excluding hydrogens is 388 g/mol. The van der Waals surface area contributed by atoms with E-state index in [1.165, 1.54) is 24.8 Å². The molecule has 1 amide bonds. The topological polar surface area (TPSA) is 72.9 Å². The molecule has 7 nitrogen and oxygen atoms in total. The Balaban J connectivity index is 1.28. The smallest absolute Gasteiger partial charge is 0.227 e. The van der Waals surface area contributed by atoms with Crippen molar-refractivity contribution in [3.63, 3.8) is 0 Å². The number of pyridine rings is 1. The second kappa shape index (κ2) is 10.3. The van der Waals surface area contributed by atoms with E-state index in [1.54, 1.807) is 7.05 Å². The molecule has 31 heavy (non-hydrogen) atoms. The number of guanidine groups is 1. The standard InChI is InChI=1S/C24H32N6O/c1-25-24(27-17-19-7-9-21(10-8-19)30-15-5-6-23(30)31)28-18-20-11-12-26-22(16-20)29-13-3-2-4-14-29/h7-12,16H,2-6,13-15,17-18H2,1H3,(H2,25,27,28). The molecule has 2 aliphatic heterocycles. The Morgan fingerprint density at radius 2 is 1.71 bits per heavy atom. The molecule has 3 heterocycles. The minimum Gasteiger partial charge on any atom is -0.357 e. The van der Waals surface area contributed by atoms with Gasteiger partial charge in [-0.15, -0.1) is 0 Å². The van der Waals surface area contributed by atoms with Gasteiger partial charge in [0.25, 0.3) is 0 Å². The zero-order valence-corrected chi connectivity index (χ0v) is 18.3. The average molecular weight is 421 g/mol. The van der Waals surface area contributed by atoms with Gasteiger partial charge in [-0.05, 0) is 61.1 Å². The number of hydrogen-bond acceptors (Lipinski definition) is 4. The zero-order chi connectivity index (χ0) is 21.5. The van der Waals surface area contributed by atoms with Crippen LogP contribution < -0.4 is 20.4 Å². The third kappa shape index (κ3) is 5.54. The maximum absolute atomic E-state index is 11.9. The second-order valence-corrected chi connectivity index (χ2v) is 8.16. The molecule has 0 radical (unpaired) electrons. The molecule has 0 spiro atoms. The van der Waals surface area contributed by atoms with Crippen LogP contribution in [0.3, 0.4) is 0 Å². The molecule has 2 N–H and O–H groups in total. The van der Waals surface area contributed by atoms with Crippen molar-refractivity contribution in [3.05, 3.63) is 53.7 Å². The van der Waals surface area contributed by atoms with Crippen molar-refractivity contribution >= 4 is 23.4 Å². The largest absolute Gasteiger partial charge is 0.357 e. The monoisotopic (exact) mass is 420 g/mol. The van der Waals surface area contributed by atoms with Gasteiger partial charge in [-0.2, -0.15) is 0 Å². The highest BCUT2D eigenvalue weighted by Gasteiger charge is 2.21. The number of benzene rings is 1. The number of nitrogens with one attached hydrogen (secondary N) is 2. The first-order valence-electron chi connectivity index (χ1n) is 11.3. The Kier molecular flexibility index (Phi) is 7.02. The molecule has 7 heteroatoms. The van der Waals surface area contributed by atoms with E-state index in [2.05, 4.69) is 43.7 Å². The Labute approximate surface area is 184 Å². The molecular formula is C24H32N6O. The van der Waals surface area contributed by atoms with Crippen LogP contribution in [0.15, 0.2) is 47.6 Å². The van der Waals surface area contributed by atoms with Crippen molar-refractivity contribution in [2.75, 3.05) is 36.5 Å². The van der Waals surface area contributed by atoms with E-state index in [-0.39, 0.29) is 5.91 Å². The molecule has 2 fully saturated rings. The first-order valence-corrected chi connectivity index (χ1v) is 11.3. The molecule has 1 aromatic carbocycles. The Bertz CT molecular complexity index is 905. The first kappa shape index (κ1) is 21.2. The molecule has 0 aliphatic carbocycles. The summed E-state index contributed by atoms with van der Waals surface area (Å²) in [6, 6.07) is 12.4. The van der Waals surface area contributed by atoms with Gasteiger partial charge in [0.1, 0.15) is 5.82 Å². The van der Waals surface area contributed by atoms with E-state index in [0.717, 1.165) is 49.1 Å². The lowest BCUT2D eigenvalue weighted by molar-refractivity contribution is -0.117. The summed E-state index contributed by atoms with van der Waals surface area (Å²) in [5, 5.41) is 6.75. The lowest BCUT2D eigenvalue weighted by atomic mass is 10.1. The van der Waals surface area contributed by atoms with Gasteiger partial charge in [0.15, 0.2) is 5.96 Å². The first-order chi connectivity index (χ1) is 15.2. The second-order valence-electron chi connectivity index (χ2n) is 8.16. The molecule has 4 rings (SSSR count). The fraction of sp³-hybridized carbons (Fsp3) is 0.458. The van der Waals surface area contributed by atoms with Gasteiger partial charge in [-0.3, -0.25) is 9.79 Å². The highest BCUT2D eigenvalue weighted by Crippen LogP contribution is 2.21. The summed E-state index contributed by atoms with van der Waals surface area (Å²) in [6.45, 7) is 4.37. The third-order valence-electron chi connectivity index (χ3n) is 5.95. The number of carbonyl (C=O) groups is 1. The molecule has 164 valence electrons. The Morgan fingerprint density at radius 3 is 2.39 bits per heavy atom. The number of hydrogen-bond donors (Lipinski definition) is 2. The van der Waals surface area contributed by atoms with Crippen molar-refractivity contribution in [1.82, 2.24) is 15.6 Å². The summed E-state index contributed by atoms with van der Waals surface area (Å²) in [4.78, 5) is 25.0. The average Bonchev–Trinajstić information content (AvgIpc) is 3.26. The molecule has 0 unspecified atom stereocenters. The Morgan fingerprint density at radius 1 is 0.968 bits per heavy atom. The van der Waals surface area contributed by atoms with Gasteiger partial charge in [0.05, 0.1) is 0 Å². The summed E-state index contributed by atoms with van der Waals surface area (Å²) in [5.74, 6) is 2.05. The molecule has 2 aliphatic rings. The maximum atomic E-state index is 11.9. The number of anilines is 2. The lowest BCUT2D eigenvalue weighted by Gasteiger charge is -2.28. The molecule has 0 bridgehead atoms. The van der Waals surface area contributed by atoms with Crippen LogP contribution in [0.1, 0.15) is 43.2 Å². The normalized spacial score (nSPS) is 17.2. The van der Waals surface area contributed by atoms with Gasteiger partial charge in [-0.25, -0.2) is 4.98 Å². The quantitative estimate of drug-likeness (QED) is 0.555. The minimum absolute atomic E-state index is 0.218. The van der Waals surface area contributed by atoms with Crippen molar-refractivity contribution in [3.8, 4) is 0 Å². The fourth-order valence-electron chi connectivity index (χ4n) is 4.17. The van der Waals surface area contributed by atoms with Crippen LogP contribution in [-0.4, -0.2) is 43.5 Å². The highest BCUT2D eigenvalue weighted by atomic mass is 16.2. The number of aromatic nitrogens is 1. The number of rotatable bonds is 6. The summed E-state index contributed by atoms with van der Waals surface area (Å²) in [5.41, 5.74) is 3.32. The Hall–Kier alpha value is -3.09. The lowest BCUT2D eigenvalue weighted by Crippen LogP contribution is -2.36. The van der Waals surface area contributed by atoms with Gasteiger partial charge in [-0.1, -0.05) is 12.1 Å². The molecule has 0 saturated carbocycles. The van der Waals surface area contributed by atoms with Crippen LogP contribution in [0.25, 0.3) is 0 Å². The summed E-state index contributed by atoms with van der Waals surface area (Å²) in [7, 11) is 1.78. The maximum Gasteiger partial charge on any atom is 0.227 e. The van der Waals surface area contributed by atoms with Crippen LogP contribution >= 0.6 is 0 Å². The van der Waals surface area contributed by atoms with E-state index < -0.39 is 0 Å².